The van der Waals surface area contributed by atoms with Crippen LogP contribution in [0.5, 0.6) is 0 Å². The number of benzene rings is 1. The summed E-state index contributed by atoms with van der Waals surface area (Å²) < 4.78 is 18.9. The monoisotopic (exact) mass is 292 g/mol. The van der Waals surface area contributed by atoms with Gasteiger partial charge in [-0.3, -0.25) is 10.4 Å². The summed E-state index contributed by atoms with van der Waals surface area (Å²) in [6, 6.07) is 5.90. The molecule has 21 heavy (non-hydrogen) atoms. The molecule has 112 valence electrons. The number of nitrogens with zero attached hydrogens (tertiary/aromatic N) is 1. The van der Waals surface area contributed by atoms with Crippen LogP contribution in [0.25, 0.3) is 11.3 Å². The van der Waals surface area contributed by atoms with Crippen LogP contribution in [0.3, 0.4) is 0 Å². The fourth-order valence-electron chi connectivity index (χ4n) is 1.69. The highest BCUT2D eigenvalue weighted by molar-refractivity contribution is 5.86. The van der Waals surface area contributed by atoms with Crippen molar-refractivity contribution in [1.29, 1.82) is 0 Å². The first-order valence-corrected chi connectivity index (χ1v) is 6.35. The van der Waals surface area contributed by atoms with Gasteiger partial charge in [-0.25, -0.2) is 9.18 Å². The molecule has 1 heterocycles. The van der Waals surface area contributed by atoms with E-state index < -0.39 is 17.5 Å². The smallest absolute Gasteiger partial charge is 0.412 e. The molecule has 1 aromatic heterocycles. The maximum absolute atomic E-state index is 13.8. The second-order valence-electron chi connectivity index (χ2n) is 5.53. The molecule has 4 N–H and O–H groups in total. The number of nitrogen functional groups attached to an aromatic ring is 1. The molecule has 6 nitrogen and oxygen atoms in total. The molecule has 1 amide bonds. The van der Waals surface area contributed by atoms with Gasteiger partial charge in [-0.1, -0.05) is 0 Å². The summed E-state index contributed by atoms with van der Waals surface area (Å²) in [6.07, 6.45) is -0.720. The van der Waals surface area contributed by atoms with Crippen LogP contribution in [0.15, 0.2) is 24.3 Å². The summed E-state index contributed by atoms with van der Waals surface area (Å²) >= 11 is 0. The Balaban J connectivity index is 2.22. The molecular formula is C14H17FN4O2. The van der Waals surface area contributed by atoms with Crippen molar-refractivity contribution in [3.05, 3.63) is 30.1 Å². The van der Waals surface area contributed by atoms with Gasteiger partial charge in [0.25, 0.3) is 0 Å². The molecule has 0 aliphatic heterocycles. The summed E-state index contributed by atoms with van der Waals surface area (Å²) in [5.74, 6) is -0.229. The number of aromatic amines is 1. The van der Waals surface area contributed by atoms with E-state index in [4.69, 9.17) is 10.5 Å². The molecule has 2 aromatic rings. The Hall–Kier alpha value is -2.57. The number of nitrogens with one attached hydrogen (secondary N) is 2. The van der Waals surface area contributed by atoms with Crippen molar-refractivity contribution in [2.75, 3.05) is 11.1 Å². The highest BCUT2D eigenvalue weighted by Gasteiger charge is 2.17. The Morgan fingerprint density at radius 2 is 2.10 bits per heavy atom. The van der Waals surface area contributed by atoms with E-state index in [9.17, 15) is 9.18 Å². The van der Waals surface area contributed by atoms with Crippen molar-refractivity contribution in [2.45, 2.75) is 26.4 Å². The first-order valence-electron chi connectivity index (χ1n) is 6.35. The van der Waals surface area contributed by atoms with E-state index in [0.29, 0.717) is 17.1 Å². The van der Waals surface area contributed by atoms with Crippen molar-refractivity contribution in [2.24, 2.45) is 0 Å². The topological polar surface area (TPSA) is 93.0 Å². The van der Waals surface area contributed by atoms with Crippen LogP contribution in [0.1, 0.15) is 20.8 Å². The fraction of sp³-hybridized carbons (Fsp3) is 0.286. The molecular weight excluding hydrogens is 275 g/mol. The molecule has 0 atom stereocenters. The zero-order valence-electron chi connectivity index (χ0n) is 12.0. The van der Waals surface area contributed by atoms with E-state index >= 15 is 0 Å². The van der Waals surface area contributed by atoms with Gasteiger partial charge in [0.2, 0.25) is 0 Å². The van der Waals surface area contributed by atoms with Gasteiger partial charge in [-0.2, -0.15) is 5.10 Å². The number of ether oxygens (including phenoxy) is 1. The lowest BCUT2D eigenvalue weighted by molar-refractivity contribution is 0.0635. The average molecular weight is 292 g/mol. The number of hydrogen-bond donors (Lipinski definition) is 3. The molecule has 0 unspecified atom stereocenters. The van der Waals surface area contributed by atoms with Gasteiger partial charge in [0, 0.05) is 11.6 Å². The first-order chi connectivity index (χ1) is 9.74. The second kappa shape index (κ2) is 5.43. The minimum absolute atomic E-state index is 0.0231. The number of carbonyl (C=O) groups excluding carboxylic acids is 1. The number of halogens is 1. The molecule has 0 fully saturated rings. The fourth-order valence-corrected chi connectivity index (χ4v) is 1.69. The summed E-state index contributed by atoms with van der Waals surface area (Å²) in [5.41, 5.74) is 6.16. The Kier molecular flexibility index (Phi) is 3.84. The first kappa shape index (κ1) is 14.8. The minimum atomic E-state index is -0.720. The van der Waals surface area contributed by atoms with Crippen LogP contribution in [-0.4, -0.2) is 21.9 Å². The van der Waals surface area contributed by atoms with E-state index in [1.165, 1.54) is 12.1 Å². The van der Waals surface area contributed by atoms with E-state index in [-0.39, 0.29) is 5.69 Å². The Morgan fingerprint density at radius 1 is 1.38 bits per heavy atom. The Labute approximate surface area is 121 Å². The largest absolute Gasteiger partial charge is 0.444 e. The molecule has 1 aromatic carbocycles. The second-order valence-corrected chi connectivity index (χ2v) is 5.53. The van der Waals surface area contributed by atoms with Crippen LogP contribution in [0.2, 0.25) is 0 Å². The molecule has 0 bridgehead atoms. The number of nitrogens with two attached hydrogens (primary N) is 1. The van der Waals surface area contributed by atoms with Crippen molar-refractivity contribution in [1.82, 2.24) is 10.2 Å². The standard InChI is InChI=1S/C14H17FN4O2/c1-14(2,3)21-13(20)17-11-6-8(4-5-9(11)15)10-7-12(16)19-18-10/h4-7H,1-3H3,(H,17,20)(H3,16,18,19). The third-order valence-corrected chi connectivity index (χ3v) is 2.51. The quantitative estimate of drug-likeness (QED) is 0.792. The lowest BCUT2D eigenvalue weighted by Gasteiger charge is -2.20. The highest BCUT2D eigenvalue weighted by atomic mass is 19.1. The van der Waals surface area contributed by atoms with Crippen molar-refractivity contribution >= 4 is 17.6 Å². The number of amides is 1. The number of carbonyl (C=O) groups is 1. The van der Waals surface area contributed by atoms with Crippen molar-refractivity contribution < 1.29 is 13.9 Å². The van der Waals surface area contributed by atoms with Crippen LogP contribution in [0, 0.1) is 5.82 Å². The summed E-state index contributed by atoms with van der Waals surface area (Å²) in [4.78, 5) is 11.7. The zero-order valence-corrected chi connectivity index (χ0v) is 12.0. The number of rotatable bonds is 2. The maximum Gasteiger partial charge on any atom is 0.412 e. The van der Waals surface area contributed by atoms with E-state index in [0.717, 1.165) is 0 Å². The van der Waals surface area contributed by atoms with Crippen molar-refractivity contribution in [3.8, 4) is 11.3 Å². The average Bonchev–Trinajstić information content (AvgIpc) is 2.76. The SMILES string of the molecule is CC(C)(C)OC(=O)Nc1cc(-c2cc(N)n[nH]2)ccc1F. The van der Waals surface area contributed by atoms with Gasteiger partial charge in [0.1, 0.15) is 17.2 Å². The Bertz CT molecular complexity index is 661. The predicted molar refractivity (Wildman–Crippen MR) is 78.3 cm³/mol. The summed E-state index contributed by atoms with van der Waals surface area (Å²) in [5, 5.41) is 8.90. The lowest BCUT2D eigenvalue weighted by Crippen LogP contribution is -2.27. The van der Waals surface area contributed by atoms with Gasteiger partial charge < -0.3 is 10.5 Å². The zero-order chi connectivity index (χ0) is 15.6. The van der Waals surface area contributed by atoms with Gasteiger partial charge >= 0.3 is 6.09 Å². The molecule has 0 saturated carbocycles. The number of hydrogen-bond acceptors (Lipinski definition) is 4. The van der Waals surface area contributed by atoms with Gasteiger partial charge in [-0.15, -0.1) is 0 Å². The molecule has 7 heteroatoms. The van der Waals surface area contributed by atoms with E-state index in [1.54, 1.807) is 32.9 Å². The number of H-pyrrole nitrogens is 1. The number of anilines is 2. The normalized spacial score (nSPS) is 11.2. The molecule has 0 saturated heterocycles. The van der Waals surface area contributed by atoms with Gasteiger partial charge in [0.05, 0.1) is 11.4 Å². The minimum Gasteiger partial charge on any atom is -0.444 e. The summed E-state index contributed by atoms with van der Waals surface area (Å²) in [7, 11) is 0. The van der Waals surface area contributed by atoms with Gasteiger partial charge in [0.15, 0.2) is 0 Å². The predicted octanol–water partition coefficient (Wildman–Crippen LogP) is 3.15. The molecule has 0 spiro atoms. The third-order valence-electron chi connectivity index (χ3n) is 2.51. The van der Waals surface area contributed by atoms with Crippen LogP contribution in [-0.2, 0) is 4.74 Å². The maximum atomic E-state index is 13.8. The van der Waals surface area contributed by atoms with Crippen molar-refractivity contribution in [3.63, 3.8) is 0 Å². The van der Waals surface area contributed by atoms with E-state index in [2.05, 4.69) is 15.5 Å². The van der Waals surface area contributed by atoms with Crippen LogP contribution >= 0.6 is 0 Å². The summed E-state index contributed by atoms with van der Waals surface area (Å²) in [6.45, 7) is 5.19. The van der Waals surface area contributed by atoms with Gasteiger partial charge in [-0.05, 0) is 39.0 Å². The molecule has 0 radical (unpaired) electrons. The van der Waals surface area contributed by atoms with Crippen LogP contribution < -0.4 is 11.1 Å². The highest BCUT2D eigenvalue weighted by Crippen LogP contribution is 2.25. The number of aromatic nitrogens is 2. The third kappa shape index (κ3) is 3.95. The molecule has 0 aliphatic carbocycles. The van der Waals surface area contributed by atoms with E-state index in [1.807, 2.05) is 0 Å². The molecule has 2 rings (SSSR count). The van der Waals surface area contributed by atoms with Crippen LogP contribution in [0.4, 0.5) is 20.7 Å². The molecule has 0 aliphatic rings. The Morgan fingerprint density at radius 3 is 2.67 bits per heavy atom. The lowest BCUT2D eigenvalue weighted by atomic mass is 10.1.